The van der Waals surface area contributed by atoms with Crippen molar-refractivity contribution in [3.05, 3.63) is 52.5 Å². The highest BCUT2D eigenvalue weighted by atomic mass is 32.2. The third kappa shape index (κ3) is 4.62. The summed E-state index contributed by atoms with van der Waals surface area (Å²) in [7, 11) is -3.28. The van der Waals surface area contributed by atoms with E-state index in [0.717, 1.165) is 26.2 Å². The van der Waals surface area contributed by atoms with Gasteiger partial charge in [-0.15, -0.1) is 11.3 Å². The predicted octanol–water partition coefficient (Wildman–Crippen LogP) is 1.27. The molecule has 1 aromatic heterocycles. The Balaban J connectivity index is 1.74. The first kappa shape index (κ1) is 19.3. The van der Waals surface area contributed by atoms with Gasteiger partial charge < -0.3 is 9.80 Å². The summed E-state index contributed by atoms with van der Waals surface area (Å²) in [6.07, 6.45) is 1.19. The van der Waals surface area contributed by atoms with Crippen LogP contribution in [0, 0.1) is 5.82 Å². The van der Waals surface area contributed by atoms with Crippen LogP contribution >= 0.6 is 11.3 Å². The predicted molar refractivity (Wildman–Crippen MR) is 104 cm³/mol. The second-order valence-electron chi connectivity index (χ2n) is 6.77. The van der Waals surface area contributed by atoms with Gasteiger partial charge >= 0.3 is 0 Å². The number of rotatable bonds is 6. The summed E-state index contributed by atoms with van der Waals surface area (Å²) in [6, 6.07) is 10.7. The molecule has 2 aromatic rings. The number of nitrogens with one attached hydrogen (secondary N) is 2. The minimum atomic E-state index is -3.28. The summed E-state index contributed by atoms with van der Waals surface area (Å²) < 4.78 is 40.2. The standard InChI is InChI=1S/C18H24FN3O2S2/c1-14(20-26(2,23)24)18(17-8-5-13-25-17)22-11-9-21(10-12-22)16-7-4-3-6-15(16)19/h3-8,13-14,18,20H,9-12H2,1-2H3/p+1/t14-,18-/m0/s1. The van der Waals surface area contributed by atoms with Crippen molar-refractivity contribution in [2.75, 3.05) is 37.3 Å². The Morgan fingerprint density at radius 2 is 1.88 bits per heavy atom. The molecule has 0 aliphatic carbocycles. The second-order valence-corrected chi connectivity index (χ2v) is 9.53. The lowest BCUT2D eigenvalue weighted by molar-refractivity contribution is -0.933. The van der Waals surface area contributed by atoms with Crippen LogP contribution < -0.4 is 14.5 Å². The van der Waals surface area contributed by atoms with E-state index in [1.54, 1.807) is 17.4 Å². The number of sulfonamides is 1. The molecule has 8 heteroatoms. The molecule has 3 rings (SSSR count). The van der Waals surface area contributed by atoms with Crippen LogP contribution in [-0.2, 0) is 10.0 Å². The summed E-state index contributed by atoms with van der Waals surface area (Å²) in [5, 5.41) is 2.02. The van der Waals surface area contributed by atoms with Crippen LogP contribution in [0.25, 0.3) is 0 Å². The van der Waals surface area contributed by atoms with E-state index in [2.05, 4.69) is 15.7 Å². The number of thiophene rings is 1. The minimum Gasteiger partial charge on any atom is -0.358 e. The van der Waals surface area contributed by atoms with Crippen molar-refractivity contribution >= 4 is 27.0 Å². The van der Waals surface area contributed by atoms with E-state index in [0.29, 0.717) is 5.69 Å². The highest BCUT2D eigenvalue weighted by molar-refractivity contribution is 7.88. The van der Waals surface area contributed by atoms with Gasteiger partial charge in [-0.2, -0.15) is 0 Å². The lowest BCUT2D eigenvalue weighted by atomic mass is 10.1. The average molecular weight is 399 g/mol. The molecule has 0 unspecified atom stereocenters. The molecular weight excluding hydrogens is 373 g/mol. The molecule has 26 heavy (non-hydrogen) atoms. The number of nitrogens with zero attached hydrogens (tertiary/aromatic N) is 1. The zero-order chi connectivity index (χ0) is 18.7. The lowest BCUT2D eigenvalue weighted by Gasteiger charge is -2.39. The maximum atomic E-state index is 14.0. The molecule has 5 nitrogen and oxygen atoms in total. The van der Waals surface area contributed by atoms with Crippen molar-refractivity contribution in [3.63, 3.8) is 0 Å². The van der Waals surface area contributed by atoms with Crippen LogP contribution in [0.3, 0.4) is 0 Å². The number of quaternary nitrogens is 1. The summed E-state index contributed by atoms with van der Waals surface area (Å²) in [6.45, 7) is 5.05. The molecule has 1 aromatic carbocycles. The Morgan fingerprint density at radius 1 is 1.19 bits per heavy atom. The fraction of sp³-hybridized carbons (Fsp3) is 0.444. The largest absolute Gasteiger partial charge is 0.358 e. The van der Waals surface area contributed by atoms with E-state index < -0.39 is 10.0 Å². The fourth-order valence-electron chi connectivity index (χ4n) is 3.73. The molecular formula is C18H25FN3O2S2+. The van der Waals surface area contributed by atoms with E-state index in [4.69, 9.17) is 0 Å². The molecule has 2 N–H and O–H groups in total. The molecule has 1 aliphatic rings. The van der Waals surface area contributed by atoms with Crippen molar-refractivity contribution in [2.24, 2.45) is 0 Å². The number of hydrogen-bond acceptors (Lipinski definition) is 4. The van der Waals surface area contributed by atoms with Gasteiger partial charge in [0.05, 0.1) is 49.0 Å². The van der Waals surface area contributed by atoms with E-state index >= 15 is 0 Å². The molecule has 0 saturated carbocycles. The zero-order valence-electron chi connectivity index (χ0n) is 15.0. The Bertz CT molecular complexity index is 819. The summed E-state index contributed by atoms with van der Waals surface area (Å²) in [4.78, 5) is 4.56. The monoisotopic (exact) mass is 398 g/mol. The molecule has 2 atom stereocenters. The molecule has 1 fully saturated rings. The van der Waals surface area contributed by atoms with Crippen LogP contribution in [0.15, 0.2) is 41.8 Å². The van der Waals surface area contributed by atoms with Gasteiger partial charge in [-0.1, -0.05) is 18.2 Å². The van der Waals surface area contributed by atoms with Gasteiger partial charge in [0, 0.05) is 0 Å². The summed E-state index contributed by atoms with van der Waals surface area (Å²) in [5.41, 5.74) is 0.640. The Labute approximate surface area is 158 Å². The number of piperazine rings is 1. The third-order valence-electron chi connectivity index (χ3n) is 4.79. The molecule has 2 heterocycles. The smallest absolute Gasteiger partial charge is 0.209 e. The maximum absolute atomic E-state index is 14.0. The van der Waals surface area contributed by atoms with Crippen molar-refractivity contribution in [2.45, 2.75) is 19.0 Å². The van der Waals surface area contributed by atoms with Crippen LogP contribution in [0.1, 0.15) is 17.8 Å². The zero-order valence-corrected chi connectivity index (χ0v) is 16.6. The summed E-state index contributed by atoms with van der Waals surface area (Å²) in [5.74, 6) is -0.196. The highest BCUT2D eigenvalue weighted by Crippen LogP contribution is 2.22. The Morgan fingerprint density at radius 3 is 2.46 bits per heavy atom. The van der Waals surface area contributed by atoms with Crippen molar-refractivity contribution in [3.8, 4) is 0 Å². The topological polar surface area (TPSA) is 53.9 Å². The van der Waals surface area contributed by atoms with Gasteiger partial charge in [-0.05, 0) is 30.5 Å². The molecule has 0 amide bonds. The minimum absolute atomic E-state index is 0.0486. The summed E-state index contributed by atoms with van der Waals surface area (Å²) >= 11 is 1.65. The molecule has 142 valence electrons. The van der Waals surface area contributed by atoms with Crippen molar-refractivity contribution in [1.29, 1.82) is 0 Å². The maximum Gasteiger partial charge on any atom is 0.209 e. The van der Waals surface area contributed by atoms with Crippen LogP contribution in [-0.4, -0.2) is 46.9 Å². The number of hydrogen-bond donors (Lipinski definition) is 2. The molecule has 0 spiro atoms. The average Bonchev–Trinajstić information content (AvgIpc) is 3.09. The molecule has 1 saturated heterocycles. The van der Waals surface area contributed by atoms with Crippen molar-refractivity contribution < 1.29 is 17.7 Å². The molecule has 0 bridgehead atoms. The van der Waals surface area contributed by atoms with Crippen LogP contribution in [0.2, 0.25) is 0 Å². The quantitative estimate of drug-likeness (QED) is 0.771. The first-order valence-electron chi connectivity index (χ1n) is 8.70. The lowest BCUT2D eigenvalue weighted by Crippen LogP contribution is -3.16. The number of halogens is 1. The highest BCUT2D eigenvalue weighted by Gasteiger charge is 2.35. The fourth-order valence-corrected chi connectivity index (χ4v) is 5.53. The van der Waals surface area contributed by atoms with E-state index in [1.807, 2.05) is 30.5 Å². The Hall–Kier alpha value is -1.48. The first-order valence-corrected chi connectivity index (χ1v) is 11.5. The van der Waals surface area contributed by atoms with Gasteiger partial charge in [0.2, 0.25) is 10.0 Å². The first-order chi connectivity index (χ1) is 12.3. The van der Waals surface area contributed by atoms with Gasteiger partial charge in [-0.3, -0.25) is 0 Å². The number of para-hydroxylation sites is 1. The van der Waals surface area contributed by atoms with E-state index in [-0.39, 0.29) is 17.9 Å². The number of anilines is 1. The van der Waals surface area contributed by atoms with Crippen molar-refractivity contribution in [1.82, 2.24) is 4.72 Å². The molecule has 0 radical (unpaired) electrons. The van der Waals surface area contributed by atoms with Crippen LogP contribution in [0.4, 0.5) is 10.1 Å². The van der Waals surface area contributed by atoms with Gasteiger partial charge in [0.1, 0.15) is 11.9 Å². The van der Waals surface area contributed by atoms with Gasteiger partial charge in [0.15, 0.2) is 0 Å². The number of benzene rings is 1. The van der Waals surface area contributed by atoms with Crippen LogP contribution in [0.5, 0.6) is 0 Å². The van der Waals surface area contributed by atoms with Gasteiger partial charge in [-0.25, -0.2) is 17.5 Å². The second kappa shape index (κ2) is 8.04. The van der Waals surface area contributed by atoms with E-state index in [1.165, 1.54) is 22.1 Å². The van der Waals surface area contributed by atoms with Gasteiger partial charge in [0.25, 0.3) is 0 Å². The SMILES string of the molecule is C[C@H](NS(C)(=O)=O)[C@@H](c1cccs1)[NH+]1CCN(c2ccccc2F)CC1. The molecule has 1 aliphatic heterocycles. The third-order valence-corrected chi connectivity index (χ3v) is 6.54. The van der Waals surface area contributed by atoms with E-state index in [9.17, 15) is 12.8 Å². The normalized spacial score (nSPS) is 18.7. The Kier molecular flexibility index (Phi) is 5.96.